The molecule has 2 heterocycles. The van der Waals surface area contributed by atoms with Crippen LogP contribution in [-0.2, 0) is 9.53 Å². The van der Waals surface area contributed by atoms with Crippen LogP contribution in [0.15, 0.2) is 0 Å². The summed E-state index contributed by atoms with van der Waals surface area (Å²) in [5, 5.41) is 3.45. The van der Waals surface area contributed by atoms with Crippen molar-refractivity contribution in [1.82, 2.24) is 15.1 Å². The first-order chi connectivity index (χ1) is 9.54. The average Bonchev–Trinajstić information content (AvgIpc) is 2.89. The topological polar surface area (TPSA) is 44.8 Å². The van der Waals surface area contributed by atoms with Gasteiger partial charge in [-0.05, 0) is 33.9 Å². The third-order valence-corrected chi connectivity index (χ3v) is 4.73. The van der Waals surface area contributed by atoms with Crippen LogP contribution in [0, 0.1) is 5.92 Å². The smallest absolute Gasteiger partial charge is 0.229 e. The lowest BCUT2D eigenvalue weighted by atomic mass is 9.99. The van der Waals surface area contributed by atoms with Gasteiger partial charge in [0.15, 0.2) is 0 Å². The molecule has 0 aliphatic carbocycles. The summed E-state index contributed by atoms with van der Waals surface area (Å²) in [6, 6.07) is 1.03. The number of nitrogens with one attached hydrogen (secondary N) is 1. The van der Waals surface area contributed by atoms with Crippen LogP contribution in [0.5, 0.6) is 0 Å². The quantitative estimate of drug-likeness (QED) is 0.818. The monoisotopic (exact) mass is 283 g/mol. The Bertz CT molecular complexity index is 325. The number of piperazine rings is 1. The first-order valence-electron chi connectivity index (χ1n) is 7.86. The van der Waals surface area contributed by atoms with E-state index in [-0.39, 0.29) is 17.9 Å². The van der Waals surface area contributed by atoms with E-state index in [4.69, 9.17) is 4.74 Å². The number of hydrogen-bond acceptors (Lipinski definition) is 4. The molecule has 0 saturated carbocycles. The zero-order valence-corrected chi connectivity index (χ0v) is 13.3. The molecule has 2 aliphatic rings. The van der Waals surface area contributed by atoms with Crippen LogP contribution in [0.2, 0.25) is 0 Å². The van der Waals surface area contributed by atoms with E-state index >= 15 is 0 Å². The maximum Gasteiger partial charge on any atom is 0.229 e. The van der Waals surface area contributed by atoms with Gasteiger partial charge in [-0.3, -0.25) is 9.69 Å². The number of carbonyl (C=O) groups excluding carboxylic acids is 1. The van der Waals surface area contributed by atoms with Crippen molar-refractivity contribution in [3.63, 3.8) is 0 Å². The van der Waals surface area contributed by atoms with Crippen LogP contribution < -0.4 is 5.32 Å². The van der Waals surface area contributed by atoms with Crippen molar-refractivity contribution in [2.45, 2.75) is 45.3 Å². The number of nitrogens with zero attached hydrogens (tertiary/aromatic N) is 2. The van der Waals surface area contributed by atoms with E-state index in [1.54, 1.807) is 0 Å². The molecule has 4 atom stereocenters. The van der Waals surface area contributed by atoms with Crippen LogP contribution in [0.25, 0.3) is 0 Å². The summed E-state index contributed by atoms with van der Waals surface area (Å²) in [6.07, 6.45) is 1.08. The second kappa shape index (κ2) is 6.87. The van der Waals surface area contributed by atoms with E-state index in [1.165, 1.54) is 0 Å². The average molecular weight is 283 g/mol. The Labute approximate surface area is 122 Å². The Hall–Kier alpha value is -0.650. The normalized spacial score (nSPS) is 35.5. The van der Waals surface area contributed by atoms with Gasteiger partial charge >= 0.3 is 0 Å². The SMILES string of the molecule is CCCNC1COCC1C(=O)N1CC(C)N(C)C(C)C1. The predicted molar refractivity (Wildman–Crippen MR) is 79.7 cm³/mol. The lowest BCUT2D eigenvalue weighted by molar-refractivity contribution is -0.140. The number of likely N-dealkylation sites (N-methyl/N-ethyl adjacent to an activating group) is 1. The highest BCUT2D eigenvalue weighted by molar-refractivity contribution is 5.80. The molecule has 116 valence electrons. The summed E-state index contributed by atoms with van der Waals surface area (Å²) >= 11 is 0. The number of rotatable bonds is 4. The van der Waals surface area contributed by atoms with Crippen LogP contribution in [0.1, 0.15) is 27.2 Å². The summed E-state index contributed by atoms with van der Waals surface area (Å²) in [6.45, 7) is 10.4. The van der Waals surface area contributed by atoms with Crippen molar-refractivity contribution < 1.29 is 9.53 Å². The number of amides is 1. The van der Waals surface area contributed by atoms with Gasteiger partial charge in [0.1, 0.15) is 0 Å². The summed E-state index contributed by atoms with van der Waals surface area (Å²) in [5.74, 6) is 0.257. The van der Waals surface area contributed by atoms with E-state index in [1.807, 2.05) is 4.90 Å². The Morgan fingerprint density at radius 3 is 2.50 bits per heavy atom. The fourth-order valence-electron chi connectivity index (χ4n) is 3.15. The predicted octanol–water partition coefficient (Wildman–Crippen LogP) is 0.552. The molecule has 1 N–H and O–H groups in total. The fourth-order valence-corrected chi connectivity index (χ4v) is 3.15. The van der Waals surface area contributed by atoms with Gasteiger partial charge in [0.2, 0.25) is 5.91 Å². The van der Waals surface area contributed by atoms with E-state index in [2.05, 4.69) is 38.0 Å². The first kappa shape index (κ1) is 15.7. The van der Waals surface area contributed by atoms with Crippen molar-refractivity contribution in [2.24, 2.45) is 5.92 Å². The maximum atomic E-state index is 12.8. The molecule has 0 aromatic heterocycles. The molecule has 5 heteroatoms. The Morgan fingerprint density at radius 2 is 1.90 bits per heavy atom. The van der Waals surface area contributed by atoms with Gasteiger partial charge in [-0.1, -0.05) is 6.92 Å². The molecule has 0 aromatic rings. The standard InChI is InChI=1S/C15H29N3O2/c1-5-6-16-14-10-20-9-13(14)15(19)18-7-11(2)17(4)12(3)8-18/h11-14,16H,5-10H2,1-4H3. The number of carbonyl (C=O) groups is 1. The van der Waals surface area contributed by atoms with Crippen molar-refractivity contribution in [1.29, 1.82) is 0 Å². The van der Waals surface area contributed by atoms with Gasteiger partial charge in [-0.2, -0.15) is 0 Å². The third kappa shape index (κ3) is 3.32. The highest BCUT2D eigenvalue weighted by atomic mass is 16.5. The molecule has 5 nitrogen and oxygen atoms in total. The van der Waals surface area contributed by atoms with Gasteiger partial charge < -0.3 is 15.0 Å². The molecule has 0 aromatic carbocycles. The van der Waals surface area contributed by atoms with Crippen molar-refractivity contribution in [2.75, 3.05) is 39.9 Å². The zero-order chi connectivity index (χ0) is 14.7. The summed E-state index contributed by atoms with van der Waals surface area (Å²) in [7, 11) is 2.14. The van der Waals surface area contributed by atoms with E-state index in [0.29, 0.717) is 25.3 Å². The molecule has 1 amide bonds. The minimum absolute atomic E-state index is 0.00986. The van der Waals surface area contributed by atoms with Crippen LogP contribution >= 0.6 is 0 Å². The fraction of sp³-hybridized carbons (Fsp3) is 0.933. The molecule has 2 aliphatic heterocycles. The van der Waals surface area contributed by atoms with Gasteiger partial charge in [0, 0.05) is 31.2 Å². The molecular formula is C15H29N3O2. The molecule has 4 unspecified atom stereocenters. The Kier molecular flexibility index (Phi) is 5.41. The summed E-state index contributed by atoms with van der Waals surface area (Å²) in [4.78, 5) is 17.1. The van der Waals surface area contributed by atoms with E-state index in [9.17, 15) is 4.79 Å². The molecule has 0 bridgehead atoms. The Morgan fingerprint density at radius 1 is 1.25 bits per heavy atom. The summed E-state index contributed by atoms with van der Waals surface area (Å²) in [5.41, 5.74) is 0. The molecule has 0 spiro atoms. The zero-order valence-electron chi connectivity index (χ0n) is 13.3. The van der Waals surface area contributed by atoms with Gasteiger partial charge in [0.25, 0.3) is 0 Å². The largest absolute Gasteiger partial charge is 0.379 e. The van der Waals surface area contributed by atoms with Crippen molar-refractivity contribution in [3.05, 3.63) is 0 Å². The first-order valence-corrected chi connectivity index (χ1v) is 7.86. The Balaban J connectivity index is 1.96. The lowest BCUT2D eigenvalue weighted by Crippen LogP contribution is -2.58. The molecule has 2 rings (SSSR count). The summed E-state index contributed by atoms with van der Waals surface area (Å²) < 4.78 is 5.53. The van der Waals surface area contributed by atoms with Crippen molar-refractivity contribution in [3.8, 4) is 0 Å². The minimum Gasteiger partial charge on any atom is -0.379 e. The molecule has 2 fully saturated rings. The minimum atomic E-state index is -0.00986. The van der Waals surface area contributed by atoms with Crippen LogP contribution in [-0.4, -0.2) is 73.7 Å². The van der Waals surface area contributed by atoms with Crippen LogP contribution in [0.3, 0.4) is 0 Å². The molecule has 0 radical (unpaired) electrons. The van der Waals surface area contributed by atoms with Crippen LogP contribution in [0.4, 0.5) is 0 Å². The highest BCUT2D eigenvalue weighted by Crippen LogP contribution is 2.21. The van der Waals surface area contributed by atoms with E-state index < -0.39 is 0 Å². The van der Waals surface area contributed by atoms with E-state index in [0.717, 1.165) is 26.1 Å². The lowest BCUT2D eigenvalue weighted by Gasteiger charge is -2.43. The molecular weight excluding hydrogens is 254 g/mol. The third-order valence-electron chi connectivity index (χ3n) is 4.73. The maximum absolute atomic E-state index is 12.8. The number of hydrogen-bond donors (Lipinski definition) is 1. The van der Waals surface area contributed by atoms with Gasteiger partial charge in [-0.15, -0.1) is 0 Å². The molecule has 20 heavy (non-hydrogen) atoms. The molecule has 2 saturated heterocycles. The van der Waals surface area contributed by atoms with Gasteiger partial charge in [-0.25, -0.2) is 0 Å². The number of ether oxygens (including phenoxy) is 1. The van der Waals surface area contributed by atoms with Crippen molar-refractivity contribution >= 4 is 5.91 Å². The highest BCUT2D eigenvalue weighted by Gasteiger charge is 2.39. The van der Waals surface area contributed by atoms with Gasteiger partial charge in [0.05, 0.1) is 19.1 Å². The second-order valence-corrected chi connectivity index (χ2v) is 6.31. The second-order valence-electron chi connectivity index (χ2n) is 6.31.